The van der Waals surface area contributed by atoms with Crippen LogP contribution in [0.25, 0.3) is 10.4 Å². The number of aliphatic imine (C=N–C) groups is 1. The number of Topliss-reactive ketones (excluding diaryl/α,β-unsaturated/α-hetero) is 2. The maximum Gasteiger partial charge on any atom is 0.407 e. The summed E-state index contributed by atoms with van der Waals surface area (Å²) in [6.45, 7) is 18.6. The third-order valence-electron chi connectivity index (χ3n) is 24.4. The lowest BCUT2D eigenvalue weighted by atomic mass is 9.80. The van der Waals surface area contributed by atoms with Gasteiger partial charge in [-0.05, 0) is 148 Å². The van der Waals surface area contributed by atoms with Crippen molar-refractivity contribution in [1.29, 1.82) is 5.41 Å². The fourth-order valence-electron chi connectivity index (χ4n) is 16.9. The number of ether oxygens (including phenoxy) is 15. The summed E-state index contributed by atoms with van der Waals surface area (Å²) in [5, 5.41) is 53.7. The Morgan fingerprint density at radius 2 is 1.38 bits per heavy atom. The molecule has 10 N–H and O–H groups in total. The molecule has 1 aliphatic carbocycles. The van der Waals surface area contributed by atoms with E-state index in [1.54, 1.807) is 46.4 Å². The van der Waals surface area contributed by atoms with Crippen LogP contribution in [-0.4, -0.2) is 320 Å². The van der Waals surface area contributed by atoms with Gasteiger partial charge in [0.25, 0.3) is 11.7 Å². The monoisotopic (exact) mass is 1850 g/mol. The number of hydrogen-bond donors (Lipinski definition) is 8. The molecule has 132 heavy (non-hydrogen) atoms. The molecule has 0 spiro atoms. The van der Waals surface area contributed by atoms with Crippen molar-refractivity contribution in [3.8, 4) is 0 Å². The number of carbonyl (C=O) groups is 6. The molecule has 2 aromatic heterocycles. The number of amides is 3. The Hall–Kier alpha value is -9.00. The summed E-state index contributed by atoms with van der Waals surface area (Å²) < 4.78 is 86.2. The number of nitrogens with two attached hydrogens (primary N) is 2. The van der Waals surface area contributed by atoms with Crippen molar-refractivity contribution in [3.63, 3.8) is 0 Å². The second kappa shape index (κ2) is 57.7. The van der Waals surface area contributed by atoms with Gasteiger partial charge in [-0.1, -0.05) is 80.5 Å². The number of cyclic esters (lactones) is 1. The SMILES string of the molecule is CO[C@H]1C[C@@H]2CCC[C@@](O)(O2)C(=O)C(=O)N2CCCC[C@H]2C(=O)O[C@H]([C@H](N)C[C@@H]2CC[C@@H](OC(=O)NCCOCCOCCOCCOCCOCCOCCOCCOCCOCCOCCC(=O)N3CCc4cc(CNc5ncnc(N)c5C(=N)c5cnc6c(c5)C=NC6)ccc4C3)[C@H](OC)C2)CC(N=[N+]=[N-])[C@H](C)/C=C(\C)[C@@H](O)[C@@H](O)C(=O)[C@H](C)C[C@H](C)/C=C/C=C/C=C/1C. The average Bonchev–Trinajstić information content (AvgIpc) is 0.878. The number of aliphatic hydroxyl groups is 3. The van der Waals surface area contributed by atoms with Crippen LogP contribution in [0.1, 0.15) is 164 Å². The van der Waals surface area contributed by atoms with Crippen molar-refractivity contribution in [2.75, 3.05) is 177 Å². The summed E-state index contributed by atoms with van der Waals surface area (Å²) in [5.41, 5.74) is 30.7. The van der Waals surface area contributed by atoms with E-state index in [0.29, 0.717) is 213 Å². The van der Waals surface area contributed by atoms with Crippen LogP contribution in [0.5, 0.6) is 0 Å². The van der Waals surface area contributed by atoms with E-state index < -0.39 is 108 Å². The number of nitrogens with one attached hydrogen (secondary N) is 3. The van der Waals surface area contributed by atoms with Crippen LogP contribution < -0.4 is 22.1 Å². The van der Waals surface area contributed by atoms with Gasteiger partial charge in [0.05, 0.1) is 180 Å². The van der Waals surface area contributed by atoms with Crippen molar-refractivity contribution in [2.45, 2.75) is 217 Å². The molecule has 6 aliphatic rings. The van der Waals surface area contributed by atoms with E-state index in [2.05, 4.69) is 52.7 Å². The smallest absolute Gasteiger partial charge is 0.407 e. The molecule has 38 nitrogen and oxygen atoms in total. The third kappa shape index (κ3) is 34.7. The van der Waals surface area contributed by atoms with E-state index in [1.165, 1.54) is 19.0 Å². The first kappa shape index (κ1) is 107. The Labute approximate surface area is 773 Å². The Balaban J connectivity index is 0.566. The van der Waals surface area contributed by atoms with E-state index in [0.717, 1.165) is 39.3 Å². The second-order valence-electron chi connectivity index (χ2n) is 34.3. The predicted molar refractivity (Wildman–Crippen MR) is 488 cm³/mol. The highest BCUT2D eigenvalue weighted by atomic mass is 16.6. The van der Waals surface area contributed by atoms with Crippen LogP contribution in [0.4, 0.5) is 16.4 Å². The van der Waals surface area contributed by atoms with Gasteiger partial charge in [-0.15, -0.1) is 0 Å². The molecule has 7 heterocycles. The number of methoxy groups -OCH3 is 2. The molecule has 9 rings (SSSR count). The number of aliphatic hydroxyl groups excluding tert-OH is 2. The minimum absolute atomic E-state index is 0.00554. The second-order valence-corrected chi connectivity index (χ2v) is 34.3. The zero-order valence-corrected chi connectivity index (χ0v) is 77.7. The van der Waals surface area contributed by atoms with Crippen LogP contribution in [0.3, 0.4) is 0 Å². The molecule has 3 fully saturated rings. The lowest BCUT2D eigenvalue weighted by molar-refractivity contribution is -0.245. The quantitative estimate of drug-likeness (QED) is 0.00393. The molecule has 1 unspecified atom stereocenters. The highest BCUT2D eigenvalue weighted by molar-refractivity contribution is 6.39. The number of rotatable bonds is 45. The van der Waals surface area contributed by atoms with Gasteiger partial charge < -0.3 is 118 Å². The molecule has 5 aliphatic heterocycles. The fraction of sp³-hybridized carbons (Fsp3) is 0.670. The molecule has 2 saturated heterocycles. The van der Waals surface area contributed by atoms with E-state index in [-0.39, 0.29) is 99.7 Å². The van der Waals surface area contributed by atoms with Crippen LogP contribution in [0, 0.1) is 29.1 Å². The summed E-state index contributed by atoms with van der Waals surface area (Å²) in [6, 6.07) is 4.95. The maximum atomic E-state index is 14.8. The molecule has 730 valence electrons. The number of allylic oxidation sites excluding steroid dienone is 5. The first-order chi connectivity index (χ1) is 63.9. The summed E-state index contributed by atoms with van der Waals surface area (Å²) in [5.74, 6) is -7.04. The van der Waals surface area contributed by atoms with Gasteiger partial charge in [0.1, 0.15) is 48.4 Å². The van der Waals surface area contributed by atoms with Gasteiger partial charge in [0, 0.05) is 106 Å². The topological polar surface area (TPSA) is 508 Å². The van der Waals surface area contributed by atoms with Crippen molar-refractivity contribution in [3.05, 3.63) is 134 Å². The zero-order valence-electron chi connectivity index (χ0n) is 77.7. The molecule has 3 amide bonds. The molecule has 0 radical (unpaired) electrons. The van der Waals surface area contributed by atoms with Crippen molar-refractivity contribution in [2.24, 2.45) is 39.5 Å². The number of hydrogen-bond acceptors (Lipinski definition) is 33. The maximum absolute atomic E-state index is 14.8. The molecular formula is C94H140N14O24. The van der Waals surface area contributed by atoms with Gasteiger partial charge in [0.15, 0.2) is 5.78 Å². The highest BCUT2D eigenvalue weighted by Crippen LogP contribution is 2.37. The van der Waals surface area contributed by atoms with Crippen molar-refractivity contribution in [1.82, 2.24) is 30.1 Å². The molecule has 1 saturated carbocycles. The van der Waals surface area contributed by atoms with Crippen LogP contribution in [0.2, 0.25) is 0 Å². The minimum atomic E-state index is -2.47. The number of nitrogen functional groups attached to an aromatic ring is 1. The van der Waals surface area contributed by atoms with Crippen LogP contribution in [0.15, 0.2) is 94.5 Å². The Bertz CT molecular complexity index is 4340. The summed E-state index contributed by atoms with van der Waals surface area (Å²) in [7, 11) is 3.06. The Morgan fingerprint density at radius 3 is 2.02 bits per heavy atom. The zero-order chi connectivity index (χ0) is 94.6. The first-order valence-electron chi connectivity index (χ1n) is 46.3. The van der Waals surface area contributed by atoms with E-state index in [9.17, 15) is 49.6 Å². The van der Waals surface area contributed by atoms with Gasteiger partial charge in [0.2, 0.25) is 11.7 Å². The number of carbonyl (C=O) groups excluding carboxylic acids is 6. The molecule has 1 aromatic carbocycles. The number of benzene rings is 1. The lowest BCUT2D eigenvalue weighted by Crippen LogP contribution is -2.58. The standard InChI is InChI=1S/C94H140N14O24/c1-62-14-9-8-10-15-63(2)79(118-6)54-73-16-13-24-94(117,132-73)88(113)91(114)108-26-12-11-17-77(108)92(115)130-80(55-75(105-106-98)64(3)49-66(5)86(111)87(112)85(110)65(4)48-62)74(95)51-67-19-21-78(81(52-67)119-7)131-93(116)100-25-29-121-31-33-123-35-37-125-39-41-127-43-45-129-47-46-128-44-42-126-40-38-124-36-34-122-32-30-120-28-23-82(109)107-27-22-69-50-68(18-20-70(69)60-107)56-102-90-83(89(97)103-61-104-90)84(96)72-53-71-57-99-59-76(71)101-58-72/h8-10,14-15,18,20,49-50,53,57-58,61-62,64-65,67,73-75,77-81,86-87,96,111-112,117H,11-13,16-17,19,21-48,51-52,54-56,59-60,95H2,1-7H3,(H,100,116)(H3,97,102,103,104)/b10-8+,14-9+,63-15+,66-49+,96-84?/t62-,64-,65-,67+,73+,74-,75?,77+,78-,79+,80+,81-,86-,87+,94-/m1/s1. The number of pyridine rings is 1. The number of ketones is 2. The first-order valence-corrected chi connectivity index (χ1v) is 46.3. The van der Waals surface area contributed by atoms with Gasteiger partial charge in [-0.3, -0.25) is 34.6 Å². The van der Waals surface area contributed by atoms with Crippen LogP contribution >= 0.6 is 0 Å². The minimum Gasteiger partial charge on any atom is -0.459 e. The number of alkyl carbamates (subject to hydrolysis) is 1. The summed E-state index contributed by atoms with van der Waals surface area (Å²) >= 11 is 0. The van der Waals surface area contributed by atoms with Crippen LogP contribution in [-0.2, 0) is 121 Å². The van der Waals surface area contributed by atoms with E-state index in [4.69, 9.17) is 87.9 Å². The van der Waals surface area contributed by atoms with E-state index >= 15 is 0 Å². The van der Waals surface area contributed by atoms with Crippen molar-refractivity contribution >= 4 is 59.0 Å². The number of anilines is 2. The molecule has 2 bridgehead atoms. The highest BCUT2D eigenvalue weighted by Gasteiger charge is 2.50. The fourth-order valence-corrected chi connectivity index (χ4v) is 16.9. The molecular weight excluding hydrogens is 1710 g/mol. The summed E-state index contributed by atoms with van der Waals surface area (Å²) in [4.78, 5) is 107. The van der Waals surface area contributed by atoms with Crippen molar-refractivity contribution < 1.29 is 115 Å². The number of esters is 1. The number of piperidine rings is 1. The largest absolute Gasteiger partial charge is 0.459 e. The average molecular weight is 1850 g/mol. The summed E-state index contributed by atoms with van der Waals surface area (Å²) in [6.07, 6.45) is 13.1. The molecule has 38 heteroatoms. The van der Waals surface area contributed by atoms with Gasteiger partial charge in [-0.25, -0.2) is 19.6 Å². The molecule has 3 aromatic rings. The number of azide groups is 1. The number of fused-ring (bicyclic) bond motifs is 5. The van der Waals surface area contributed by atoms with Gasteiger partial charge >= 0.3 is 12.1 Å². The molecule has 15 atom stereocenters. The lowest BCUT2D eigenvalue weighted by Gasteiger charge is -2.40. The normalized spacial score (nSPS) is 26.4. The number of aromatic nitrogens is 3. The Kier molecular flexibility index (Phi) is 46.6. The van der Waals surface area contributed by atoms with Gasteiger partial charge in [-0.2, -0.15) is 0 Å². The Morgan fingerprint density at radius 1 is 0.727 bits per heavy atom. The number of nitrogens with zero attached hydrogens (tertiary/aromatic N) is 9. The predicted octanol–water partition coefficient (Wildman–Crippen LogP) is 7.68. The van der Waals surface area contributed by atoms with E-state index in [1.807, 2.05) is 61.3 Å². The third-order valence-corrected chi connectivity index (χ3v) is 24.4.